The van der Waals surface area contributed by atoms with Crippen LogP contribution in [0, 0.1) is 5.92 Å². The van der Waals surface area contributed by atoms with Gasteiger partial charge in [-0.1, -0.05) is 25.2 Å². The minimum Gasteiger partial charge on any atom is -0.295 e. The number of rotatable bonds is 2. The molecule has 10 heavy (non-hydrogen) atoms. The minimum atomic E-state index is 0.716. The van der Waals surface area contributed by atoms with Crippen molar-refractivity contribution >= 4 is 0 Å². The van der Waals surface area contributed by atoms with Crippen molar-refractivity contribution in [1.82, 2.24) is 4.90 Å². The summed E-state index contributed by atoms with van der Waals surface area (Å²) >= 11 is 0. The lowest BCUT2D eigenvalue weighted by molar-refractivity contribution is 0.293. The molecule has 0 amide bonds. The van der Waals surface area contributed by atoms with Gasteiger partial charge in [-0.05, 0) is 5.92 Å². The van der Waals surface area contributed by atoms with E-state index in [9.17, 15) is 0 Å². The Morgan fingerprint density at radius 3 is 3.20 bits per heavy atom. The monoisotopic (exact) mass is 137 g/mol. The molecular formula is C9H15N. The summed E-state index contributed by atoms with van der Waals surface area (Å²) in [7, 11) is 0. The van der Waals surface area contributed by atoms with E-state index in [0.29, 0.717) is 5.92 Å². The van der Waals surface area contributed by atoms with Crippen LogP contribution in [0.25, 0.3) is 0 Å². The van der Waals surface area contributed by atoms with Crippen LogP contribution in [0.15, 0.2) is 24.8 Å². The van der Waals surface area contributed by atoms with Gasteiger partial charge in [-0.3, -0.25) is 4.90 Å². The van der Waals surface area contributed by atoms with E-state index in [1.807, 2.05) is 6.08 Å². The van der Waals surface area contributed by atoms with Gasteiger partial charge >= 0.3 is 0 Å². The van der Waals surface area contributed by atoms with Crippen LogP contribution in [0.4, 0.5) is 0 Å². The van der Waals surface area contributed by atoms with Gasteiger partial charge in [0.05, 0.1) is 0 Å². The summed E-state index contributed by atoms with van der Waals surface area (Å²) in [5, 5.41) is 0. The van der Waals surface area contributed by atoms with Crippen molar-refractivity contribution in [3.63, 3.8) is 0 Å². The molecule has 0 N–H and O–H groups in total. The van der Waals surface area contributed by atoms with Gasteiger partial charge in [-0.2, -0.15) is 0 Å². The molecule has 0 aromatic rings. The van der Waals surface area contributed by atoms with Crippen LogP contribution < -0.4 is 0 Å². The second-order valence-electron chi connectivity index (χ2n) is 2.91. The molecule has 0 aromatic carbocycles. The maximum atomic E-state index is 3.71. The van der Waals surface area contributed by atoms with E-state index in [2.05, 4.69) is 30.6 Å². The van der Waals surface area contributed by atoms with Crippen LogP contribution in [0.2, 0.25) is 0 Å². The second kappa shape index (κ2) is 3.57. The molecule has 0 radical (unpaired) electrons. The Balaban J connectivity index is 2.36. The van der Waals surface area contributed by atoms with E-state index in [0.717, 1.165) is 13.1 Å². The smallest absolute Gasteiger partial charge is 0.0166 e. The maximum Gasteiger partial charge on any atom is 0.0166 e. The van der Waals surface area contributed by atoms with Gasteiger partial charge in [0.25, 0.3) is 0 Å². The van der Waals surface area contributed by atoms with Crippen LogP contribution in [-0.4, -0.2) is 24.5 Å². The summed E-state index contributed by atoms with van der Waals surface area (Å²) in [6.45, 7) is 9.26. The van der Waals surface area contributed by atoms with Crippen LogP contribution >= 0.6 is 0 Å². The van der Waals surface area contributed by atoms with Crippen molar-refractivity contribution in [2.45, 2.75) is 6.92 Å². The quantitative estimate of drug-likeness (QED) is 0.523. The maximum absolute atomic E-state index is 3.71. The van der Waals surface area contributed by atoms with Crippen molar-refractivity contribution in [1.29, 1.82) is 0 Å². The molecule has 1 unspecified atom stereocenters. The largest absolute Gasteiger partial charge is 0.295 e. The zero-order valence-electron chi connectivity index (χ0n) is 6.59. The first-order chi connectivity index (χ1) is 4.83. The summed E-state index contributed by atoms with van der Waals surface area (Å²) in [6.07, 6.45) is 6.48. The first-order valence-corrected chi connectivity index (χ1v) is 3.83. The van der Waals surface area contributed by atoms with Crippen LogP contribution in [0.1, 0.15) is 6.92 Å². The highest BCUT2D eigenvalue weighted by atomic mass is 15.1. The van der Waals surface area contributed by atoms with Gasteiger partial charge in [0, 0.05) is 19.6 Å². The Morgan fingerprint density at radius 1 is 1.80 bits per heavy atom. The van der Waals surface area contributed by atoms with E-state index >= 15 is 0 Å². The van der Waals surface area contributed by atoms with Crippen molar-refractivity contribution in [2.75, 3.05) is 19.6 Å². The van der Waals surface area contributed by atoms with E-state index in [1.54, 1.807) is 0 Å². The Bertz CT molecular complexity index is 138. The number of hydrogen-bond donors (Lipinski definition) is 0. The molecule has 0 fully saturated rings. The Labute approximate surface area is 63.0 Å². The summed E-state index contributed by atoms with van der Waals surface area (Å²) in [6, 6.07) is 0. The van der Waals surface area contributed by atoms with Gasteiger partial charge in [-0.25, -0.2) is 0 Å². The SMILES string of the molecule is C=CCN1CC=CC(C)C1. The molecular weight excluding hydrogens is 122 g/mol. The Kier molecular flexibility index (Phi) is 2.69. The fourth-order valence-corrected chi connectivity index (χ4v) is 1.32. The van der Waals surface area contributed by atoms with Gasteiger partial charge in [0.2, 0.25) is 0 Å². The van der Waals surface area contributed by atoms with Gasteiger partial charge < -0.3 is 0 Å². The highest BCUT2D eigenvalue weighted by molar-refractivity contribution is 4.96. The molecule has 1 heteroatoms. The number of nitrogens with zero attached hydrogens (tertiary/aromatic N) is 1. The molecule has 1 aliphatic rings. The molecule has 1 nitrogen and oxygen atoms in total. The summed E-state index contributed by atoms with van der Waals surface area (Å²) < 4.78 is 0. The Morgan fingerprint density at radius 2 is 2.60 bits per heavy atom. The average Bonchev–Trinajstić information content (AvgIpc) is 1.88. The van der Waals surface area contributed by atoms with Gasteiger partial charge in [0.15, 0.2) is 0 Å². The zero-order chi connectivity index (χ0) is 7.40. The van der Waals surface area contributed by atoms with E-state index in [4.69, 9.17) is 0 Å². The molecule has 0 aromatic heterocycles. The van der Waals surface area contributed by atoms with E-state index in [-0.39, 0.29) is 0 Å². The van der Waals surface area contributed by atoms with Crippen LogP contribution in [0.3, 0.4) is 0 Å². The molecule has 0 saturated carbocycles. The first-order valence-electron chi connectivity index (χ1n) is 3.83. The van der Waals surface area contributed by atoms with Crippen LogP contribution in [-0.2, 0) is 0 Å². The highest BCUT2D eigenvalue weighted by Gasteiger charge is 2.08. The lowest BCUT2D eigenvalue weighted by Gasteiger charge is -2.25. The number of hydrogen-bond acceptors (Lipinski definition) is 1. The summed E-state index contributed by atoms with van der Waals surface area (Å²) in [5.41, 5.74) is 0. The molecule has 1 aliphatic heterocycles. The normalized spacial score (nSPS) is 26.7. The molecule has 0 saturated heterocycles. The molecule has 1 atom stereocenters. The van der Waals surface area contributed by atoms with Crippen molar-refractivity contribution in [2.24, 2.45) is 5.92 Å². The lowest BCUT2D eigenvalue weighted by Crippen LogP contribution is -2.31. The average molecular weight is 137 g/mol. The third-order valence-electron chi connectivity index (χ3n) is 1.76. The summed E-state index contributed by atoms with van der Waals surface area (Å²) in [4.78, 5) is 2.39. The molecule has 0 bridgehead atoms. The highest BCUT2D eigenvalue weighted by Crippen LogP contribution is 2.07. The molecule has 0 aliphatic carbocycles. The first kappa shape index (κ1) is 7.55. The molecule has 0 spiro atoms. The van der Waals surface area contributed by atoms with Crippen molar-refractivity contribution in [3.05, 3.63) is 24.8 Å². The molecule has 1 heterocycles. The minimum absolute atomic E-state index is 0.716. The predicted molar refractivity (Wildman–Crippen MR) is 44.9 cm³/mol. The Hall–Kier alpha value is -0.560. The van der Waals surface area contributed by atoms with E-state index in [1.165, 1.54) is 6.54 Å². The summed E-state index contributed by atoms with van der Waals surface area (Å²) in [5.74, 6) is 0.716. The standard InChI is InChI=1S/C9H15N/c1-3-6-10-7-4-5-9(2)8-10/h3-5,9H,1,6-8H2,2H3. The predicted octanol–water partition coefficient (Wildman–Crippen LogP) is 1.68. The third-order valence-corrected chi connectivity index (χ3v) is 1.76. The van der Waals surface area contributed by atoms with Crippen molar-refractivity contribution < 1.29 is 0 Å². The van der Waals surface area contributed by atoms with Gasteiger partial charge in [0.1, 0.15) is 0 Å². The molecule has 56 valence electrons. The fraction of sp³-hybridized carbons (Fsp3) is 0.556. The zero-order valence-corrected chi connectivity index (χ0v) is 6.59. The van der Waals surface area contributed by atoms with Crippen LogP contribution in [0.5, 0.6) is 0 Å². The molecule has 1 rings (SSSR count). The van der Waals surface area contributed by atoms with Crippen molar-refractivity contribution in [3.8, 4) is 0 Å². The van der Waals surface area contributed by atoms with Gasteiger partial charge in [-0.15, -0.1) is 6.58 Å². The second-order valence-corrected chi connectivity index (χ2v) is 2.91. The lowest BCUT2D eigenvalue weighted by atomic mass is 10.1. The topological polar surface area (TPSA) is 3.24 Å². The van der Waals surface area contributed by atoms with E-state index < -0.39 is 0 Å². The third kappa shape index (κ3) is 1.99. The fourth-order valence-electron chi connectivity index (χ4n) is 1.32.